The van der Waals surface area contributed by atoms with Crippen LogP contribution in [0.3, 0.4) is 0 Å². The Hall–Kier alpha value is -3.67. The molecule has 0 aliphatic rings. The molecule has 0 aromatic heterocycles. The van der Waals surface area contributed by atoms with Crippen molar-refractivity contribution in [1.82, 2.24) is 0 Å². The summed E-state index contributed by atoms with van der Waals surface area (Å²) in [6, 6.07) is 0. The van der Waals surface area contributed by atoms with Gasteiger partial charge in [-0.25, -0.2) is 0 Å². The van der Waals surface area contributed by atoms with Gasteiger partial charge in [0.1, 0.15) is 13.2 Å². The van der Waals surface area contributed by atoms with Crippen LogP contribution in [-0.2, 0) is 28.6 Å². The molecule has 478 valence electrons. The van der Waals surface area contributed by atoms with E-state index in [1.165, 1.54) is 199 Å². The van der Waals surface area contributed by atoms with Gasteiger partial charge in [0.2, 0.25) is 0 Å². The minimum absolute atomic E-state index is 0.0818. The smallest absolute Gasteiger partial charge is 0.306 e. The summed E-state index contributed by atoms with van der Waals surface area (Å²) >= 11 is 0. The van der Waals surface area contributed by atoms with Gasteiger partial charge < -0.3 is 14.2 Å². The van der Waals surface area contributed by atoms with E-state index < -0.39 is 6.10 Å². The summed E-state index contributed by atoms with van der Waals surface area (Å²) in [5.74, 6) is -0.881. The van der Waals surface area contributed by atoms with Crippen LogP contribution in [0.15, 0.2) is 97.2 Å². The first kappa shape index (κ1) is 79.3. The van der Waals surface area contributed by atoms with Crippen molar-refractivity contribution >= 4 is 17.9 Å². The van der Waals surface area contributed by atoms with Crippen molar-refractivity contribution < 1.29 is 28.6 Å². The minimum Gasteiger partial charge on any atom is -0.462 e. The van der Waals surface area contributed by atoms with Crippen LogP contribution in [-0.4, -0.2) is 37.2 Å². The van der Waals surface area contributed by atoms with E-state index in [9.17, 15) is 14.4 Å². The normalized spacial score (nSPS) is 12.7. The molecule has 0 aliphatic heterocycles. The third-order valence-corrected chi connectivity index (χ3v) is 15.6. The number of unbranched alkanes of at least 4 members (excludes halogenated alkanes) is 38. The Morgan fingerprint density at radius 2 is 0.470 bits per heavy atom. The number of carbonyl (C=O) groups excluding carboxylic acids is 3. The third-order valence-electron chi connectivity index (χ3n) is 15.6. The number of hydrogen-bond donors (Lipinski definition) is 0. The highest BCUT2D eigenvalue weighted by Crippen LogP contribution is 2.17. The first-order valence-electron chi connectivity index (χ1n) is 35.7. The first-order valence-corrected chi connectivity index (χ1v) is 35.7. The van der Waals surface area contributed by atoms with Gasteiger partial charge in [-0.1, -0.05) is 330 Å². The number of allylic oxidation sites excluding steroid dienone is 16. The molecular formula is C77H134O6. The molecule has 0 amide bonds. The molecule has 83 heavy (non-hydrogen) atoms. The molecule has 1 unspecified atom stereocenters. The van der Waals surface area contributed by atoms with Gasteiger partial charge in [-0.05, 0) is 103 Å². The number of ether oxygens (including phenoxy) is 3. The Kier molecular flexibility index (Phi) is 67.7. The van der Waals surface area contributed by atoms with Crippen LogP contribution < -0.4 is 0 Å². The highest BCUT2D eigenvalue weighted by molar-refractivity contribution is 5.71. The van der Waals surface area contributed by atoms with E-state index in [1.807, 2.05) is 0 Å². The quantitative estimate of drug-likeness (QED) is 0.0261. The van der Waals surface area contributed by atoms with Gasteiger partial charge in [0.15, 0.2) is 6.10 Å². The third kappa shape index (κ3) is 69.0. The average Bonchev–Trinajstić information content (AvgIpc) is 3.50. The van der Waals surface area contributed by atoms with Gasteiger partial charge in [0.25, 0.3) is 0 Å². The molecule has 6 nitrogen and oxygen atoms in total. The molecule has 0 saturated carbocycles. The molecule has 0 heterocycles. The molecule has 0 N–H and O–H groups in total. The van der Waals surface area contributed by atoms with E-state index in [0.29, 0.717) is 19.3 Å². The van der Waals surface area contributed by atoms with Gasteiger partial charge >= 0.3 is 17.9 Å². The molecule has 0 aromatic carbocycles. The van der Waals surface area contributed by atoms with E-state index >= 15 is 0 Å². The number of hydrogen-bond acceptors (Lipinski definition) is 6. The van der Waals surface area contributed by atoms with Crippen molar-refractivity contribution in [2.75, 3.05) is 13.2 Å². The largest absolute Gasteiger partial charge is 0.462 e. The van der Waals surface area contributed by atoms with Gasteiger partial charge in [-0.2, -0.15) is 0 Å². The SMILES string of the molecule is CC/C=C\C/C=C\C/C=C\C/C=C\C/C=C\C/C=C\C/C=C\CCCCCCCCCC(=O)OCC(COC(=O)CCCCCCC/C=C\CCCCCCCCC)OC(=O)CCCCCCCCCCCCCCCCCCCCCC. The van der Waals surface area contributed by atoms with Gasteiger partial charge in [-0.15, -0.1) is 0 Å². The molecule has 0 aromatic rings. The van der Waals surface area contributed by atoms with Crippen LogP contribution in [0.5, 0.6) is 0 Å². The zero-order chi connectivity index (χ0) is 59.9. The number of esters is 3. The molecular weight excluding hydrogens is 1020 g/mol. The molecule has 1 atom stereocenters. The molecule has 0 rings (SSSR count). The highest BCUT2D eigenvalue weighted by atomic mass is 16.6. The highest BCUT2D eigenvalue weighted by Gasteiger charge is 2.19. The fourth-order valence-corrected chi connectivity index (χ4v) is 10.2. The molecule has 0 radical (unpaired) electrons. The maximum Gasteiger partial charge on any atom is 0.306 e. The fraction of sp³-hybridized carbons (Fsp3) is 0.753. The molecule has 0 saturated heterocycles. The molecule has 6 heteroatoms. The van der Waals surface area contributed by atoms with Crippen LogP contribution in [0.4, 0.5) is 0 Å². The summed E-state index contributed by atoms with van der Waals surface area (Å²) in [7, 11) is 0. The topological polar surface area (TPSA) is 78.9 Å². The summed E-state index contributed by atoms with van der Waals surface area (Å²) in [6.07, 6.45) is 95.7. The second-order valence-electron chi connectivity index (χ2n) is 23.8. The molecule has 0 fully saturated rings. The van der Waals surface area contributed by atoms with E-state index in [0.717, 1.165) is 116 Å². The van der Waals surface area contributed by atoms with E-state index in [2.05, 4.69) is 118 Å². The predicted octanol–water partition coefficient (Wildman–Crippen LogP) is 24.8. The van der Waals surface area contributed by atoms with Crippen molar-refractivity contribution in [2.24, 2.45) is 0 Å². The Bertz CT molecular complexity index is 1610. The van der Waals surface area contributed by atoms with Crippen LogP contribution in [0.2, 0.25) is 0 Å². The lowest BCUT2D eigenvalue weighted by Crippen LogP contribution is -2.30. The monoisotopic (exact) mass is 1160 g/mol. The summed E-state index contributed by atoms with van der Waals surface area (Å²) in [4.78, 5) is 38.5. The van der Waals surface area contributed by atoms with Crippen LogP contribution in [0.1, 0.15) is 355 Å². The number of rotatable bonds is 65. The summed E-state index contributed by atoms with van der Waals surface area (Å²) in [5, 5.41) is 0. The number of carbonyl (C=O) groups is 3. The van der Waals surface area contributed by atoms with Gasteiger partial charge in [0.05, 0.1) is 0 Å². The molecule has 0 spiro atoms. The van der Waals surface area contributed by atoms with Crippen LogP contribution in [0, 0.1) is 0 Å². The maximum atomic E-state index is 13.0. The second-order valence-corrected chi connectivity index (χ2v) is 23.8. The lowest BCUT2D eigenvalue weighted by atomic mass is 10.0. The summed E-state index contributed by atoms with van der Waals surface area (Å²) in [6.45, 7) is 6.56. The first-order chi connectivity index (χ1) is 41.0. The molecule has 0 bridgehead atoms. The predicted molar refractivity (Wildman–Crippen MR) is 362 cm³/mol. The van der Waals surface area contributed by atoms with E-state index in [1.54, 1.807) is 0 Å². The lowest BCUT2D eigenvalue weighted by molar-refractivity contribution is -0.167. The Balaban J connectivity index is 4.35. The average molecular weight is 1160 g/mol. The van der Waals surface area contributed by atoms with Gasteiger partial charge in [-0.3, -0.25) is 14.4 Å². The van der Waals surface area contributed by atoms with Gasteiger partial charge in [0, 0.05) is 19.3 Å². The van der Waals surface area contributed by atoms with Crippen molar-refractivity contribution in [3.05, 3.63) is 97.2 Å². The minimum atomic E-state index is -0.786. The Morgan fingerprint density at radius 3 is 0.747 bits per heavy atom. The standard InChI is InChI=1S/C77H134O6/c1-4-7-10-13-16-19-22-25-28-31-33-35-36-37-38-39-40-41-42-43-45-46-49-52-55-58-61-64-67-70-76(79)82-73-74(72-81-75(78)69-66-63-60-57-54-51-48-30-27-24-21-18-15-12-9-6-3)83-77(80)71-68-65-62-59-56-53-50-47-44-34-32-29-26-23-20-17-14-11-8-5-2/h7,10,16,19,25,28,30,33,35,37-38,40-41,43,45,48,74H,4-6,8-9,11-15,17-18,20-24,26-27,29,31-32,34,36,39,42,44,46-47,49-73H2,1-3H3/b10-7-,19-16-,28-25-,35-33-,38-37-,41-40-,45-43-,48-30-. The molecule has 0 aliphatic carbocycles. The van der Waals surface area contributed by atoms with E-state index in [-0.39, 0.29) is 31.1 Å². The zero-order valence-electron chi connectivity index (χ0n) is 54.9. The lowest BCUT2D eigenvalue weighted by Gasteiger charge is -2.18. The van der Waals surface area contributed by atoms with Crippen LogP contribution >= 0.6 is 0 Å². The van der Waals surface area contributed by atoms with Crippen molar-refractivity contribution in [3.8, 4) is 0 Å². The summed E-state index contributed by atoms with van der Waals surface area (Å²) in [5.41, 5.74) is 0. The van der Waals surface area contributed by atoms with Crippen molar-refractivity contribution in [1.29, 1.82) is 0 Å². The van der Waals surface area contributed by atoms with Crippen LogP contribution in [0.25, 0.3) is 0 Å². The fourth-order valence-electron chi connectivity index (χ4n) is 10.2. The van der Waals surface area contributed by atoms with Crippen molar-refractivity contribution in [2.45, 2.75) is 361 Å². The summed E-state index contributed by atoms with van der Waals surface area (Å²) < 4.78 is 17.0. The van der Waals surface area contributed by atoms with E-state index in [4.69, 9.17) is 14.2 Å². The Labute approximate surface area is 515 Å². The Morgan fingerprint density at radius 1 is 0.253 bits per heavy atom. The second kappa shape index (κ2) is 70.8. The maximum absolute atomic E-state index is 13.0. The zero-order valence-corrected chi connectivity index (χ0v) is 54.9. The van der Waals surface area contributed by atoms with Crippen molar-refractivity contribution in [3.63, 3.8) is 0 Å².